The molecular weight excluding hydrogens is 142 g/mol. The number of hydrogen-bond acceptors (Lipinski definition) is 3. The van der Waals surface area contributed by atoms with Crippen LogP contribution in [0.25, 0.3) is 0 Å². The number of hydrogen-bond donors (Lipinski definition) is 1. The van der Waals surface area contributed by atoms with Gasteiger partial charge in [-0.3, -0.25) is 5.32 Å². The van der Waals surface area contributed by atoms with Crippen molar-refractivity contribution in [2.75, 3.05) is 13.2 Å². The third-order valence-corrected chi connectivity index (χ3v) is 1.61. The van der Waals surface area contributed by atoms with Crippen molar-refractivity contribution in [2.45, 2.75) is 26.0 Å². The van der Waals surface area contributed by atoms with Crippen molar-refractivity contribution in [3.8, 4) is 0 Å². The molecule has 1 heterocycles. The smallest absolute Gasteiger partial charge is 0.130 e. The van der Waals surface area contributed by atoms with Crippen LogP contribution in [0.4, 0.5) is 0 Å². The number of ether oxygens (including phenoxy) is 1. The number of carbonyl (C=O) groups is 1. The van der Waals surface area contributed by atoms with E-state index in [1.165, 1.54) is 0 Å². The summed E-state index contributed by atoms with van der Waals surface area (Å²) in [6.45, 7) is 3.32. The molecule has 0 amide bonds. The van der Waals surface area contributed by atoms with Crippen LogP contribution in [0.5, 0.6) is 0 Å². The van der Waals surface area contributed by atoms with Gasteiger partial charge in [-0.05, 0) is 19.8 Å². The molecule has 0 saturated carbocycles. The van der Waals surface area contributed by atoms with E-state index in [2.05, 4.69) is 5.32 Å². The summed E-state index contributed by atoms with van der Waals surface area (Å²) in [5.74, 6) is 0.211. The molecule has 63 valence electrons. The van der Waals surface area contributed by atoms with Crippen molar-refractivity contribution in [3.05, 3.63) is 6.42 Å². The maximum atomic E-state index is 10.5. The molecule has 0 spiro atoms. The van der Waals surface area contributed by atoms with E-state index in [-0.39, 0.29) is 12.0 Å². The van der Waals surface area contributed by atoms with Crippen molar-refractivity contribution in [1.29, 1.82) is 0 Å². The first-order chi connectivity index (χ1) is 5.29. The topological polar surface area (TPSA) is 38.3 Å². The molecule has 1 N–H and O–H groups in total. The summed E-state index contributed by atoms with van der Waals surface area (Å²) >= 11 is 0. The van der Waals surface area contributed by atoms with E-state index in [9.17, 15) is 4.79 Å². The summed E-state index contributed by atoms with van der Waals surface area (Å²) in [4.78, 5) is 10.5. The third-order valence-electron chi connectivity index (χ3n) is 1.61. The molecule has 1 saturated heterocycles. The normalized spacial score (nSPS) is 23.9. The molecular formula is C8H14NO2. The van der Waals surface area contributed by atoms with Gasteiger partial charge in [-0.1, -0.05) is 0 Å². The second kappa shape index (κ2) is 4.46. The predicted molar refractivity (Wildman–Crippen MR) is 42.0 cm³/mol. The third kappa shape index (κ3) is 3.49. The predicted octanol–water partition coefficient (Wildman–Crippen LogP) is 0.506. The van der Waals surface area contributed by atoms with Gasteiger partial charge in [0.1, 0.15) is 12.0 Å². The van der Waals surface area contributed by atoms with Crippen LogP contribution >= 0.6 is 0 Å². The first-order valence-electron chi connectivity index (χ1n) is 3.95. The van der Waals surface area contributed by atoms with Crippen LogP contribution in [-0.2, 0) is 9.53 Å². The first-order valence-corrected chi connectivity index (χ1v) is 3.95. The van der Waals surface area contributed by atoms with Gasteiger partial charge in [0.15, 0.2) is 0 Å². The lowest BCUT2D eigenvalue weighted by Gasteiger charge is -2.07. The van der Waals surface area contributed by atoms with Crippen LogP contribution in [0.15, 0.2) is 0 Å². The Bertz CT molecular complexity index is 130. The fraction of sp³-hybridized carbons (Fsp3) is 0.750. The van der Waals surface area contributed by atoms with E-state index >= 15 is 0 Å². The lowest BCUT2D eigenvalue weighted by molar-refractivity contribution is -0.116. The van der Waals surface area contributed by atoms with E-state index in [1.807, 2.05) is 6.42 Å². The summed E-state index contributed by atoms with van der Waals surface area (Å²) in [5, 5.41) is 3.17. The molecule has 0 aromatic rings. The first kappa shape index (κ1) is 8.68. The molecule has 1 aliphatic heterocycles. The largest absolute Gasteiger partial charge is 0.362 e. The summed E-state index contributed by atoms with van der Waals surface area (Å²) < 4.78 is 5.28. The Morgan fingerprint density at radius 2 is 2.64 bits per heavy atom. The van der Waals surface area contributed by atoms with Gasteiger partial charge in [-0.15, -0.1) is 0 Å². The second-order valence-corrected chi connectivity index (χ2v) is 2.74. The molecule has 3 nitrogen and oxygen atoms in total. The van der Waals surface area contributed by atoms with Crippen molar-refractivity contribution in [3.63, 3.8) is 0 Å². The van der Waals surface area contributed by atoms with E-state index < -0.39 is 0 Å². The number of carbonyl (C=O) groups excluding carboxylic acids is 1. The van der Waals surface area contributed by atoms with Gasteiger partial charge in [0.25, 0.3) is 0 Å². The number of Topliss-reactive ketones (excluding diaryl/α,β-unsaturated/α-hetero) is 1. The van der Waals surface area contributed by atoms with Crippen LogP contribution in [-0.4, -0.2) is 25.2 Å². The fourth-order valence-electron chi connectivity index (χ4n) is 1.07. The van der Waals surface area contributed by atoms with Crippen LogP contribution in [0.2, 0.25) is 0 Å². The molecule has 1 aliphatic rings. The Labute approximate surface area is 67.1 Å². The zero-order chi connectivity index (χ0) is 8.10. The van der Waals surface area contributed by atoms with Crippen molar-refractivity contribution in [2.24, 2.45) is 0 Å². The lowest BCUT2D eigenvalue weighted by atomic mass is 10.2. The Morgan fingerprint density at radius 3 is 3.18 bits per heavy atom. The highest BCUT2D eigenvalue weighted by Crippen LogP contribution is 2.04. The minimum absolute atomic E-state index is 0.148. The van der Waals surface area contributed by atoms with E-state index in [0.717, 1.165) is 19.6 Å². The van der Waals surface area contributed by atoms with E-state index in [0.29, 0.717) is 6.42 Å². The minimum Gasteiger partial charge on any atom is -0.362 e. The van der Waals surface area contributed by atoms with Gasteiger partial charge in [0.2, 0.25) is 0 Å². The quantitative estimate of drug-likeness (QED) is 0.644. The number of ketones is 1. The summed E-state index contributed by atoms with van der Waals surface area (Å²) in [7, 11) is 0. The van der Waals surface area contributed by atoms with Gasteiger partial charge in [-0.2, -0.15) is 0 Å². The van der Waals surface area contributed by atoms with Crippen molar-refractivity contribution >= 4 is 5.78 Å². The molecule has 0 aliphatic carbocycles. The zero-order valence-electron chi connectivity index (χ0n) is 6.80. The van der Waals surface area contributed by atoms with Gasteiger partial charge in [-0.25, -0.2) is 0 Å². The fourth-order valence-corrected chi connectivity index (χ4v) is 1.07. The molecule has 0 aromatic heterocycles. The van der Waals surface area contributed by atoms with E-state index in [4.69, 9.17) is 4.74 Å². The highest BCUT2D eigenvalue weighted by Gasteiger charge is 2.13. The highest BCUT2D eigenvalue weighted by molar-refractivity contribution is 5.76. The van der Waals surface area contributed by atoms with Gasteiger partial charge in [0.05, 0.1) is 6.61 Å². The highest BCUT2D eigenvalue weighted by atomic mass is 16.5. The molecule has 1 rings (SSSR count). The average molecular weight is 156 g/mol. The van der Waals surface area contributed by atoms with Crippen LogP contribution < -0.4 is 5.32 Å². The molecule has 0 bridgehead atoms. The minimum atomic E-state index is 0.148. The molecule has 11 heavy (non-hydrogen) atoms. The maximum Gasteiger partial charge on any atom is 0.130 e. The second-order valence-electron chi connectivity index (χ2n) is 2.74. The zero-order valence-corrected chi connectivity index (χ0v) is 6.80. The van der Waals surface area contributed by atoms with Gasteiger partial charge >= 0.3 is 0 Å². The molecule has 1 fully saturated rings. The monoisotopic (exact) mass is 156 g/mol. The van der Waals surface area contributed by atoms with Crippen molar-refractivity contribution < 1.29 is 9.53 Å². The van der Waals surface area contributed by atoms with Crippen LogP contribution in [0.1, 0.15) is 19.8 Å². The van der Waals surface area contributed by atoms with E-state index in [1.54, 1.807) is 6.92 Å². The van der Waals surface area contributed by atoms with Crippen molar-refractivity contribution in [1.82, 2.24) is 5.32 Å². The Balaban J connectivity index is 1.98. The van der Waals surface area contributed by atoms with Crippen LogP contribution in [0, 0.1) is 6.42 Å². The summed E-state index contributed by atoms with van der Waals surface area (Å²) in [5.41, 5.74) is 0. The summed E-state index contributed by atoms with van der Waals surface area (Å²) in [6.07, 6.45) is 3.50. The Kier molecular flexibility index (Phi) is 3.52. The SMILES string of the molecule is CC(=O)C[CH]CC1NCCO1. The van der Waals surface area contributed by atoms with Gasteiger partial charge < -0.3 is 9.53 Å². The van der Waals surface area contributed by atoms with Gasteiger partial charge in [0, 0.05) is 13.0 Å². The standard InChI is InChI=1S/C8H14NO2/c1-7(10)3-2-4-8-9-5-6-11-8/h2,8-9H,3-6H2,1H3. The lowest BCUT2D eigenvalue weighted by Crippen LogP contribution is -2.22. The summed E-state index contributed by atoms with van der Waals surface area (Å²) in [6, 6.07) is 0. The average Bonchev–Trinajstić information content (AvgIpc) is 2.39. The molecule has 1 radical (unpaired) electrons. The molecule has 3 heteroatoms. The number of rotatable bonds is 4. The molecule has 1 atom stereocenters. The number of nitrogens with one attached hydrogen (secondary N) is 1. The Hall–Kier alpha value is -0.410. The maximum absolute atomic E-state index is 10.5. The Morgan fingerprint density at radius 1 is 1.82 bits per heavy atom. The molecule has 0 aromatic carbocycles. The molecule has 1 unspecified atom stereocenters. The van der Waals surface area contributed by atoms with Crippen LogP contribution in [0.3, 0.4) is 0 Å².